The third-order valence-corrected chi connectivity index (χ3v) is 12.8. The van der Waals surface area contributed by atoms with Gasteiger partial charge in [-0.15, -0.1) is 27.7 Å². The van der Waals surface area contributed by atoms with Gasteiger partial charge in [0.05, 0.1) is 11.0 Å². The Bertz CT molecular complexity index is 3490. The molecule has 2 heterocycles. The second-order valence-corrected chi connectivity index (χ2v) is 16.0. The molecule has 9 aromatic carbocycles. The average Bonchev–Trinajstić information content (AvgIpc) is 3.86. The lowest BCUT2D eigenvalue weighted by Gasteiger charge is -2.23. The molecule has 0 bridgehead atoms. The van der Waals surface area contributed by atoms with Crippen molar-refractivity contribution in [2.75, 3.05) is 0 Å². The van der Waals surface area contributed by atoms with E-state index in [1.807, 2.05) is 23.5 Å². The van der Waals surface area contributed by atoms with Crippen LogP contribution in [0.5, 0.6) is 0 Å². The number of para-hydroxylation sites is 3. The molecule has 0 atom stereocenters. The molecule has 0 fully saturated rings. The number of thiophene rings is 1. The molecule has 262 valence electrons. The smallest absolute Gasteiger partial charge is 0.146 e. The van der Waals surface area contributed by atoms with Crippen LogP contribution in [0, 0.1) is 0 Å². The Hall–Kier alpha value is -6.49. The van der Waals surface area contributed by atoms with Crippen molar-refractivity contribution in [1.29, 1.82) is 0 Å². The normalized spacial score (nSPS) is 11.7. The van der Waals surface area contributed by atoms with E-state index in [2.05, 4.69) is 156 Å². The Morgan fingerprint density at radius 3 is 1.73 bits per heavy atom. The number of rotatable bonds is 5. The third kappa shape index (κ3) is 5.43. The quantitative estimate of drug-likeness (QED) is 0.128. The molecule has 0 spiro atoms. The molecule has 0 unspecified atom stereocenters. The van der Waals surface area contributed by atoms with E-state index in [0.29, 0.717) is 16.5 Å². The van der Waals surface area contributed by atoms with Gasteiger partial charge < -0.3 is 0 Å². The van der Waals surface area contributed by atoms with Crippen molar-refractivity contribution >= 4 is 131 Å². The van der Waals surface area contributed by atoms with Crippen molar-refractivity contribution < 1.29 is 0 Å². The van der Waals surface area contributed by atoms with Crippen LogP contribution in [0.15, 0.2) is 164 Å². The molecule has 0 aliphatic rings. The van der Waals surface area contributed by atoms with Crippen molar-refractivity contribution in [2.24, 2.45) is 0 Å². The zero-order valence-electron chi connectivity index (χ0n) is 31.8. The Morgan fingerprint density at radius 1 is 0.407 bits per heavy atom. The summed E-state index contributed by atoms with van der Waals surface area (Å²) in [6.07, 6.45) is 0. The lowest BCUT2D eigenvalue weighted by molar-refractivity contribution is 1.10. The molecule has 10 radical (unpaired) electrons. The highest BCUT2D eigenvalue weighted by Gasteiger charge is 2.24. The van der Waals surface area contributed by atoms with E-state index in [0.717, 1.165) is 77.5 Å². The van der Waals surface area contributed by atoms with Gasteiger partial charge in [0, 0.05) is 31.4 Å². The summed E-state index contributed by atoms with van der Waals surface area (Å²) in [5, 5.41) is 6.75. The predicted molar refractivity (Wildman–Crippen MR) is 258 cm³/mol. The van der Waals surface area contributed by atoms with E-state index in [4.69, 9.17) is 44.2 Å². The topological polar surface area (TPSA) is 17.8 Å². The maximum atomic E-state index is 6.74. The molecule has 0 aliphatic heterocycles. The molecule has 2 aromatic heterocycles. The molecule has 0 N–H and O–H groups in total. The Morgan fingerprint density at radius 2 is 0.966 bits per heavy atom. The van der Waals surface area contributed by atoms with Gasteiger partial charge in [-0.05, 0) is 97.4 Å². The first-order valence-corrected chi connectivity index (χ1v) is 20.2. The van der Waals surface area contributed by atoms with Gasteiger partial charge in [-0.2, -0.15) is 0 Å². The van der Waals surface area contributed by atoms with E-state index in [9.17, 15) is 0 Å². The lowest BCUT2D eigenvalue weighted by Crippen LogP contribution is -2.55. The van der Waals surface area contributed by atoms with Gasteiger partial charge in [-0.3, -0.25) is 4.57 Å². The first kappa shape index (κ1) is 35.7. The van der Waals surface area contributed by atoms with Crippen molar-refractivity contribution in [3.63, 3.8) is 0 Å². The second kappa shape index (κ2) is 13.8. The maximum Gasteiger partial charge on any atom is 0.146 e. The molecule has 0 saturated carbocycles. The molecule has 8 heteroatoms. The van der Waals surface area contributed by atoms with Crippen molar-refractivity contribution in [1.82, 2.24) is 9.55 Å². The first-order chi connectivity index (χ1) is 28.9. The summed E-state index contributed by atoms with van der Waals surface area (Å²) < 4.78 is 4.72. The highest BCUT2D eigenvalue weighted by Crippen LogP contribution is 2.50. The van der Waals surface area contributed by atoms with Crippen LogP contribution in [0.3, 0.4) is 0 Å². The Labute approximate surface area is 352 Å². The van der Waals surface area contributed by atoms with Crippen LogP contribution in [-0.2, 0) is 0 Å². The summed E-state index contributed by atoms with van der Waals surface area (Å²) in [6.45, 7) is 0. The fraction of sp³-hybridized carbons (Fsp3) is 0. The molecular weight excluding hydrogens is 727 g/mol. The zero-order chi connectivity index (χ0) is 39.9. The third-order valence-electron chi connectivity index (χ3n) is 11.7. The van der Waals surface area contributed by atoms with Gasteiger partial charge in [0.2, 0.25) is 0 Å². The van der Waals surface area contributed by atoms with E-state index in [1.54, 1.807) is 0 Å². The zero-order valence-corrected chi connectivity index (χ0v) is 32.6. The fourth-order valence-electron chi connectivity index (χ4n) is 9.00. The lowest BCUT2D eigenvalue weighted by atomic mass is 9.59. The van der Waals surface area contributed by atoms with Gasteiger partial charge in [0.15, 0.2) is 0 Å². The molecule has 11 aromatic rings. The van der Waals surface area contributed by atoms with Gasteiger partial charge in [-0.1, -0.05) is 132 Å². The largest absolute Gasteiger partial charge is 0.292 e. The van der Waals surface area contributed by atoms with E-state index in [1.165, 1.54) is 20.2 Å². The van der Waals surface area contributed by atoms with E-state index < -0.39 is 0 Å². The summed E-state index contributed by atoms with van der Waals surface area (Å²) in [6, 6.07) is 57.7. The first-order valence-electron chi connectivity index (χ1n) is 19.4. The molecule has 0 aliphatic carbocycles. The molecule has 59 heavy (non-hydrogen) atoms. The highest BCUT2D eigenvalue weighted by atomic mass is 32.1. The molecule has 2 nitrogen and oxygen atoms in total. The summed E-state index contributed by atoms with van der Waals surface area (Å²) >= 11 is 1.81. The van der Waals surface area contributed by atoms with Crippen LogP contribution in [0.1, 0.15) is 0 Å². The SMILES string of the molecule is [B]c1c([B])c([B])c(-c2ccc3c(-c4ccccc4-c4nc5ccccc5n4-c4ccccc4)c4ccccc4c(-c4cccc5sc6ccccc6c45)c3c2)c([B])c1[B]. The van der Waals surface area contributed by atoms with E-state index in [-0.39, 0.29) is 16.4 Å². The molecular formula is C51H27B5N2S. The van der Waals surface area contributed by atoms with Crippen molar-refractivity contribution in [2.45, 2.75) is 0 Å². The van der Waals surface area contributed by atoms with Gasteiger partial charge in [-0.25, -0.2) is 4.98 Å². The number of benzene rings is 9. The monoisotopic (exact) mass is 754 g/mol. The van der Waals surface area contributed by atoms with Crippen molar-refractivity contribution in [3.05, 3.63) is 164 Å². The van der Waals surface area contributed by atoms with Gasteiger partial charge in [0.1, 0.15) is 45.1 Å². The molecule has 11 rings (SSSR count). The van der Waals surface area contributed by atoms with Gasteiger partial charge >= 0.3 is 0 Å². The molecule has 0 saturated heterocycles. The fourth-order valence-corrected chi connectivity index (χ4v) is 10.1. The van der Waals surface area contributed by atoms with Crippen LogP contribution < -0.4 is 27.3 Å². The van der Waals surface area contributed by atoms with Crippen LogP contribution in [0.2, 0.25) is 0 Å². The minimum atomic E-state index is 0.188. The highest BCUT2D eigenvalue weighted by molar-refractivity contribution is 7.26. The Balaban J connectivity index is 1.30. The Kier molecular flexibility index (Phi) is 8.36. The van der Waals surface area contributed by atoms with Crippen LogP contribution in [0.25, 0.3) is 103 Å². The van der Waals surface area contributed by atoms with Crippen LogP contribution >= 0.6 is 11.3 Å². The predicted octanol–water partition coefficient (Wildman–Crippen LogP) is 8.34. The number of fused-ring (bicyclic) bond motifs is 6. The minimum absolute atomic E-state index is 0.188. The number of imidazole rings is 1. The van der Waals surface area contributed by atoms with Gasteiger partial charge in [0.25, 0.3) is 0 Å². The van der Waals surface area contributed by atoms with Crippen LogP contribution in [0.4, 0.5) is 0 Å². The minimum Gasteiger partial charge on any atom is -0.292 e. The van der Waals surface area contributed by atoms with Crippen molar-refractivity contribution in [3.8, 4) is 50.5 Å². The maximum absolute atomic E-state index is 6.74. The second-order valence-electron chi connectivity index (χ2n) is 14.9. The standard InChI is InChI=1S/C51H27B5N2S/c52-46-42(47(53)49(55)50(56)48(46)54)28-25-26-33-37(27-28)44(36-20-12-24-41-45(36)35-19-8-11-23-40(35)59-41)31-16-5-4-15-30(31)43(33)32-17-6-7-18-34(32)51-57-38-21-9-10-22-39(38)58(51)29-13-2-1-3-14-29/h1-27H. The summed E-state index contributed by atoms with van der Waals surface area (Å²) in [5.74, 6) is 0.855. The summed E-state index contributed by atoms with van der Waals surface area (Å²) in [7, 11) is 32.7. The van der Waals surface area contributed by atoms with E-state index >= 15 is 0 Å². The van der Waals surface area contributed by atoms with Crippen LogP contribution in [-0.4, -0.2) is 48.8 Å². The number of hydrogen-bond acceptors (Lipinski definition) is 2. The summed E-state index contributed by atoms with van der Waals surface area (Å²) in [5.41, 5.74) is 11.0. The molecule has 0 amide bonds. The number of aromatic nitrogens is 2. The average molecular weight is 754 g/mol. The number of hydrogen-bond donors (Lipinski definition) is 0. The number of nitrogens with zero attached hydrogens (tertiary/aromatic N) is 2. The summed E-state index contributed by atoms with van der Waals surface area (Å²) in [4.78, 5) is 5.33.